The third kappa shape index (κ3) is 9.46. The van der Waals surface area contributed by atoms with E-state index in [4.69, 9.17) is 0 Å². The molecule has 0 aliphatic carbocycles. The largest absolute Gasteiger partial charge is 0.0579 e. The van der Waals surface area contributed by atoms with Gasteiger partial charge in [-0.15, -0.1) is 0 Å². The molecule has 0 bridgehead atoms. The third-order valence-electron chi connectivity index (χ3n) is 9.61. The molecule has 0 aliphatic heterocycles. The Morgan fingerprint density at radius 1 is 0.340 bits per heavy atom. The zero-order valence-electron chi connectivity index (χ0n) is 32.0. The monoisotopic (exact) mass is 664 g/mol. The molecule has 0 heterocycles. The van der Waals surface area contributed by atoms with Crippen LogP contribution in [0.3, 0.4) is 0 Å². The highest BCUT2D eigenvalue weighted by Crippen LogP contribution is 2.48. The molecule has 0 aliphatic rings. The number of hydrogen-bond acceptors (Lipinski definition) is 0. The summed E-state index contributed by atoms with van der Waals surface area (Å²) in [6.07, 6.45) is 1.18. The molecule has 0 radical (unpaired) electrons. The van der Waals surface area contributed by atoms with Crippen LogP contribution in [0.1, 0.15) is 126 Å². The summed E-state index contributed by atoms with van der Waals surface area (Å²) in [5.41, 5.74) is 7.29. The Bertz CT molecular complexity index is 1330. The molecular formula is C45H62P2. The summed E-state index contributed by atoms with van der Waals surface area (Å²) in [5.74, 6) is 0. The maximum atomic E-state index is 2.52. The van der Waals surface area contributed by atoms with Crippen molar-refractivity contribution in [2.45, 2.75) is 136 Å². The molecule has 47 heavy (non-hydrogen) atoms. The molecule has 0 spiro atoms. The molecule has 0 saturated carbocycles. The van der Waals surface area contributed by atoms with Crippen LogP contribution in [-0.4, -0.2) is 11.3 Å². The number of benzene rings is 4. The van der Waals surface area contributed by atoms with Gasteiger partial charge in [0, 0.05) is 0 Å². The van der Waals surface area contributed by atoms with E-state index in [0.717, 1.165) is 0 Å². The van der Waals surface area contributed by atoms with Crippen LogP contribution >= 0.6 is 15.8 Å². The normalized spacial score (nSPS) is 14.5. The second-order valence-corrected chi connectivity index (χ2v) is 23.2. The van der Waals surface area contributed by atoms with Gasteiger partial charge in [0.25, 0.3) is 0 Å². The predicted molar refractivity (Wildman–Crippen MR) is 216 cm³/mol. The lowest BCUT2D eigenvalue weighted by molar-refractivity contribution is 0.590. The van der Waals surface area contributed by atoms with Crippen LogP contribution in [0.25, 0.3) is 0 Å². The summed E-state index contributed by atoms with van der Waals surface area (Å²) in [6.45, 7) is 32.8. The molecule has 252 valence electrons. The maximum absolute atomic E-state index is 2.52. The highest BCUT2D eigenvalue weighted by Gasteiger charge is 2.29. The van der Waals surface area contributed by atoms with Gasteiger partial charge >= 0.3 is 0 Å². The van der Waals surface area contributed by atoms with Crippen molar-refractivity contribution in [1.29, 1.82) is 0 Å². The quantitative estimate of drug-likeness (QED) is 0.164. The van der Waals surface area contributed by atoms with E-state index in [9.17, 15) is 0 Å². The van der Waals surface area contributed by atoms with Gasteiger partial charge in [0.2, 0.25) is 0 Å². The van der Waals surface area contributed by atoms with E-state index >= 15 is 0 Å². The van der Waals surface area contributed by atoms with Gasteiger partial charge in [-0.3, -0.25) is 0 Å². The van der Waals surface area contributed by atoms with Crippen LogP contribution in [0.5, 0.6) is 0 Å². The minimum atomic E-state index is -0.534. The summed E-state index contributed by atoms with van der Waals surface area (Å²) >= 11 is 0. The van der Waals surface area contributed by atoms with Gasteiger partial charge in [-0.25, -0.2) is 0 Å². The molecule has 4 aromatic rings. The van der Waals surface area contributed by atoms with Crippen molar-refractivity contribution in [3.63, 3.8) is 0 Å². The average molecular weight is 665 g/mol. The number of hydrogen-bond donors (Lipinski definition) is 0. The summed E-state index contributed by atoms with van der Waals surface area (Å²) in [6, 6.07) is 38.5. The van der Waals surface area contributed by atoms with E-state index in [2.05, 4.69) is 194 Å². The Labute approximate surface area is 291 Å². The van der Waals surface area contributed by atoms with Crippen LogP contribution in [0.15, 0.2) is 97.1 Å². The molecule has 4 rings (SSSR count). The highest BCUT2D eigenvalue weighted by atomic mass is 31.1. The fourth-order valence-electron chi connectivity index (χ4n) is 6.51. The Hall–Kier alpha value is -2.26. The smallest absolute Gasteiger partial charge is 0.0132 e. The van der Waals surface area contributed by atoms with E-state index in [0.29, 0.717) is 11.3 Å². The fraction of sp³-hybridized carbons (Fsp3) is 0.467. The lowest BCUT2D eigenvalue weighted by Gasteiger charge is -2.33. The first-order valence-electron chi connectivity index (χ1n) is 17.7. The van der Waals surface area contributed by atoms with Gasteiger partial charge in [0.1, 0.15) is 0 Å². The lowest BCUT2D eigenvalue weighted by Crippen LogP contribution is -2.27. The van der Waals surface area contributed by atoms with Crippen LogP contribution in [0.4, 0.5) is 0 Å². The minimum absolute atomic E-state index is 0.149. The Morgan fingerprint density at radius 3 is 0.660 bits per heavy atom. The molecular weight excluding hydrogens is 602 g/mol. The zero-order valence-corrected chi connectivity index (χ0v) is 33.8. The van der Waals surface area contributed by atoms with Crippen molar-refractivity contribution in [3.8, 4) is 0 Å². The molecule has 0 amide bonds. The standard InChI is InChI=1S/C45H62P2/c1-32(46(38-23-15-34(16-24-38)42(3,4)5)39-25-17-35(18-26-39)43(6,7)8)31-33(2)47(40-27-19-36(20-28-40)44(9,10)11)41-29-21-37(22-30-41)45(12,13)14/h15-30,32-33H,31H2,1-14H3/t32-,33-/m0/s1. The van der Waals surface area contributed by atoms with Crippen LogP contribution in [0.2, 0.25) is 0 Å². The molecule has 2 heteroatoms. The molecule has 0 saturated heterocycles. The van der Waals surface area contributed by atoms with E-state index in [1.54, 1.807) is 0 Å². The summed E-state index contributed by atoms with van der Waals surface area (Å²) in [7, 11) is -1.07. The second kappa shape index (κ2) is 14.3. The first-order chi connectivity index (χ1) is 21.7. The van der Waals surface area contributed by atoms with Crippen molar-refractivity contribution in [3.05, 3.63) is 119 Å². The van der Waals surface area contributed by atoms with Gasteiger partial charge in [0.05, 0.1) is 0 Å². The van der Waals surface area contributed by atoms with Gasteiger partial charge in [-0.2, -0.15) is 0 Å². The van der Waals surface area contributed by atoms with Crippen molar-refractivity contribution >= 4 is 37.1 Å². The zero-order chi connectivity index (χ0) is 34.9. The van der Waals surface area contributed by atoms with Crippen LogP contribution < -0.4 is 21.2 Å². The molecule has 2 atom stereocenters. The van der Waals surface area contributed by atoms with Crippen LogP contribution in [-0.2, 0) is 21.7 Å². The second-order valence-electron chi connectivity index (χ2n) is 17.9. The third-order valence-corrected chi connectivity index (χ3v) is 15.2. The molecule has 4 aromatic carbocycles. The predicted octanol–water partition coefficient (Wildman–Crippen LogP) is 11.6. The first kappa shape index (κ1) is 37.6. The molecule has 0 fully saturated rings. The summed E-state index contributed by atoms with van der Waals surface area (Å²) in [4.78, 5) is 0. The summed E-state index contributed by atoms with van der Waals surface area (Å²) in [5, 5.41) is 5.96. The molecule has 0 aromatic heterocycles. The molecule has 0 N–H and O–H groups in total. The van der Waals surface area contributed by atoms with Crippen molar-refractivity contribution in [2.24, 2.45) is 0 Å². The Kier molecular flexibility index (Phi) is 11.4. The van der Waals surface area contributed by atoms with Gasteiger partial charge in [-0.05, 0) is 98.7 Å². The average Bonchev–Trinajstić information content (AvgIpc) is 2.97. The van der Waals surface area contributed by atoms with Crippen molar-refractivity contribution < 1.29 is 0 Å². The minimum Gasteiger partial charge on any atom is -0.0579 e. The van der Waals surface area contributed by atoms with Crippen LogP contribution in [0, 0.1) is 0 Å². The fourth-order valence-corrected chi connectivity index (χ4v) is 12.2. The Balaban J connectivity index is 1.74. The first-order valence-corrected chi connectivity index (χ1v) is 20.5. The highest BCUT2D eigenvalue weighted by molar-refractivity contribution is 7.74. The van der Waals surface area contributed by atoms with E-state index in [1.807, 2.05) is 0 Å². The van der Waals surface area contributed by atoms with E-state index < -0.39 is 15.8 Å². The van der Waals surface area contributed by atoms with Crippen molar-refractivity contribution in [2.75, 3.05) is 0 Å². The topological polar surface area (TPSA) is 0 Å². The summed E-state index contributed by atoms with van der Waals surface area (Å²) < 4.78 is 0. The number of rotatable bonds is 8. The molecule has 0 unspecified atom stereocenters. The molecule has 0 nitrogen and oxygen atoms in total. The van der Waals surface area contributed by atoms with Gasteiger partial charge in [-0.1, -0.05) is 194 Å². The van der Waals surface area contributed by atoms with Gasteiger partial charge in [0.15, 0.2) is 0 Å². The maximum Gasteiger partial charge on any atom is -0.0132 e. The van der Waals surface area contributed by atoms with E-state index in [-0.39, 0.29) is 21.7 Å². The Morgan fingerprint density at radius 2 is 0.511 bits per heavy atom. The van der Waals surface area contributed by atoms with Gasteiger partial charge < -0.3 is 0 Å². The SMILES string of the molecule is C[C@@H](C[C@H](C)P(c1ccc(C(C)(C)C)cc1)c1ccc(C(C)(C)C)cc1)P(c1ccc(C(C)(C)C)cc1)c1ccc(C(C)(C)C)cc1. The van der Waals surface area contributed by atoms with E-state index in [1.165, 1.54) is 49.9 Å². The lowest BCUT2D eigenvalue weighted by atomic mass is 9.87. The van der Waals surface area contributed by atoms with Crippen molar-refractivity contribution in [1.82, 2.24) is 0 Å².